The Morgan fingerprint density at radius 2 is 1.53 bits per heavy atom. The number of urea groups is 1. The Balaban J connectivity index is 1.14. The van der Waals surface area contributed by atoms with Gasteiger partial charge in [-0.1, -0.05) is 61.7 Å². The highest BCUT2D eigenvalue weighted by Gasteiger charge is 2.50. The molecule has 7 nitrogen and oxygen atoms in total. The lowest BCUT2D eigenvalue weighted by molar-refractivity contribution is -0.174. The van der Waals surface area contributed by atoms with Crippen LogP contribution in [0.25, 0.3) is 0 Å². The molecule has 240 valence electrons. The third-order valence-electron chi connectivity index (χ3n) is 11.8. The number of hydrogen-bond acceptors (Lipinski definition) is 4. The number of aryl methyl sites for hydroxylation is 1. The van der Waals surface area contributed by atoms with Gasteiger partial charge in [-0.15, -0.1) is 0 Å². The molecular formula is C38H49N3O4. The van der Waals surface area contributed by atoms with Gasteiger partial charge in [-0.05, 0) is 123 Å². The van der Waals surface area contributed by atoms with Gasteiger partial charge in [0.2, 0.25) is 5.91 Å². The molecule has 7 heteroatoms. The molecule has 2 N–H and O–H groups in total. The van der Waals surface area contributed by atoms with Crippen LogP contribution in [0.1, 0.15) is 94.1 Å². The van der Waals surface area contributed by atoms with E-state index >= 15 is 0 Å². The van der Waals surface area contributed by atoms with Gasteiger partial charge in [0, 0.05) is 11.7 Å². The molecule has 1 saturated heterocycles. The third-order valence-corrected chi connectivity index (χ3v) is 11.8. The second kappa shape index (κ2) is 13.2. The summed E-state index contributed by atoms with van der Waals surface area (Å²) in [5.41, 5.74) is 2.90. The Labute approximate surface area is 267 Å². The molecule has 3 unspecified atom stereocenters. The van der Waals surface area contributed by atoms with Crippen LogP contribution in [0.3, 0.4) is 0 Å². The Kier molecular flexibility index (Phi) is 8.87. The molecule has 8 rings (SSSR count). The van der Waals surface area contributed by atoms with Gasteiger partial charge >= 0.3 is 12.0 Å². The number of hydrogen-bond donors (Lipinski definition) is 2. The van der Waals surface area contributed by atoms with Gasteiger partial charge in [0.05, 0.1) is 0 Å². The van der Waals surface area contributed by atoms with Gasteiger partial charge in [0.1, 0.15) is 18.7 Å². The normalized spacial score (nSPS) is 33.0. The van der Waals surface area contributed by atoms with Crippen molar-refractivity contribution in [2.45, 2.75) is 108 Å². The average Bonchev–Trinajstić information content (AvgIpc) is 3.16. The second-order valence-corrected chi connectivity index (χ2v) is 14.9. The first kappa shape index (κ1) is 30.3. The smallest absolute Gasteiger partial charge is 0.325 e. The van der Waals surface area contributed by atoms with Gasteiger partial charge in [0.25, 0.3) is 0 Å². The number of ether oxygens (including phenoxy) is 1. The van der Waals surface area contributed by atoms with E-state index in [0.717, 1.165) is 49.5 Å². The van der Waals surface area contributed by atoms with E-state index in [-0.39, 0.29) is 36.5 Å². The van der Waals surface area contributed by atoms with Crippen molar-refractivity contribution in [1.29, 1.82) is 0 Å². The standard InChI is InChI=1S/C38H49N3O4/c1-24-9-8-14-32(15-24)39-38(44)40-33-21-29(27-10-4-2-5-11-27)22-34(28-12-6-3-7-13-28)41(37(33)43)23-35(42)45-36-30-17-25-16-26(19-30)20-31(36)18-25/h2,4-5,8-11,14-15,25-26,28-31,33-34,36H,3,6-7,12-13,16-23H2,1H3,(H2,39,40,44). The number of benzene rings is 2. The molecule has 5 saturated carbocycles. The van der Waals surface area contributed by atoms with Crippen molar-refractivity contribution in [1.82, 2.24) is 10.2 Å². The number of nitrogens with zero attached hydrogens (tertiary/aromatic N) is 1. The highest BCUT2D eigenvalue weighted by atomic mass is 16.5. The summed E-state index contributed by atoms with van der Waals surface area (Å²) in [4.78, 5) is 43.5. The molecule has 5 aliphatic carbocycles. The topological polar surface area (TPSA) is 87.7 Å². The largest absolute Gasteiger partial charge is 0.460 e. The number of carbonyl (C=O) groups is 3. The maximum atomic E-state index is 14.6. The quantitative estimate of drug-likeness (QED) is 0.324. The number of nitrogens with one attached hydrogen (secondary N) is 2. The molecule has 0 spiro atoms. The molecule has 0 aromatic heterocycles. The molecule has 1 heterocycles. The van der Waals surface area contributed by atoms with E-state index < -0.39 is 12.1 Å². The van der Waals surface area contributed by atoms with E-state index in [0.29, 0.717) is 29.9 Å². The molecule has 3 atom stereocenters. The molecule has 6 fully saturated rings. The predicted octanol–water partition coefficient (Wildman–Crippen LogP) is 7.21. The summed E-state index contributed by atoms with van der Waals surface area (Å²) in [5, 5.41) is 5.96. The minimum absolute atomic E-state index is 0.00777. The first-order valence-electron chi connectivity index (χ1n) is 17.6. The van der Waals surface area contributed by atoms with Gasteiger partial charge in [-0.25, -0.2) is 4.79 Å². The summed E-state index contributed by atoms with van der Waals surface area (Å²) >= 11 is 0. The van der Waals surface area contributed by atoms with Crippen LogP contribution in [-0.2, 0) is 14.3 Å². The van der Waals surface area contributed by atoms with E-state index in [4.69, 9.17) is 4.74 Å². The molecular weight excluding hydrogens is 562 g/mol. The number of carbonyl (C=O) groups excluding carboxylic acids is 3. The van der Waals surface area contributed by atoms with E-state index in [1.54, 1.807) is 0 Å². The molecule has 45 heavy (non-hydrogen) atoms. The lowest BCUT2D eigenvalue weighted by atomic mass is 9.55. The van der Waals surface area contributed by atoms with E-state index in [9.17, 15) is 14.4 Å². The third kappa shape index (κ3) is 6.78. The summed E-state index contributed by atoms with van der Waals surface area (Å²) in [6.45, 7) is 1.94. The first-order valence-corrected chi connectivity index (χ1v) is 17.6. The first-order chi connectivity index (χ1) is 21.9. The van der Waals surface area contributed by atoms with Crippen molar-refractivity contribution in [3.8, 4) is 0 Å². The van der Waals surface area contributed by atoms with Crippen LogP contribution >= 0.6 is 0 Å². The van der Waals surface area contributed by atoms with E-state index in [1.807, 2.05) is 54.3 Å². The average molecular weight is 612 g/mol. The fraction of sp³-hybridized carbons (Fsp3) is 0.605. The predicted molar refractivity (Wildman–Crippen MR) is 175 cm³/mol. The highest BCUT2D eigenvalue weighted by Crippen LogP contribution is 2.54. The van der Waals surface area contributed by atoms with Crippen LogP contribution in [0.5, 0.6) is 0 Å². The molecule has 2 aromatic rings. The Hall–Kier alpha value is -3.35. The maximum absolute atomic E-state index is 14.6. The zero-order valence-corrected chi connectivity index (χ0v) is 26.7. The lowest BCUT2D eigenvalue weighted by Crippen LogP contribution is -2.55. The monoisotopic (exact) mass is 611 g/mol. The number of likely N-dealkylation sites (tertiary alicyclic amines) is 1. The van der Waals surface area contributed by atoms with E-state index in [1.165, 1.54) is 44.1 Å². The molecule has 6 aliphatic rings. The van der Waals surface area contributed by atoms with Crippen LogP contribution in [0.2, 0.25) is 0 Å². The van der Waals surface area contributed by atoms with Gasteiger partial charge in [-0.2, -0.15) is 0 Å². The van der Waals surface area contributed by atoms with Crippen LogP contribution < -0.4 is 10.6 Å². The maximum Gasteiger partial charge on any atom is 0.325 e. The minimum Gasteiger partial charge on any atom is -0.460 e. The van der Waals surface area contributed by atoms with Gasteiger partial charge < -0.3 is 20.3 Å². The number of esters is 1. The number of anilines is 1. The van der Waals surface area contributed by atoms with Crippen LogP contribution in [0.15, 0.2) is 54.6 Å². The van der Waals surface area contributed by atoms with Crippen LogP contribution in [0, 0.1) is 36.5 Å². The Bertz CT molecular complexity index is 1340. The van der Waals surface area contributed by atoms with Crippen molar-refractivity contribution >= 4 is 23.6 Å². The second-order valence-electron chi connectivity index (χ2n) is 14.9. The van der Waals surface area contributed by atoms with Crippen molar-refractivity contribution in [3.05, 3.63) is 65.7 Å². The Morgan fingerprint density at radius 3 is 2.22 bits per heavy atom. The van der Waals surface area contributed by atoms with Gasteiger partial charge in [-0.3, -0.25) is 9.59 Å². The van der Waals surface area contributed by atoms with Gasteiger partial charge in [0.15, 0.2) is 0 Å². The van der Waals surface area contributed by atoms with Crippen molar-refractivity contribution in [3.63, 3.8) is 0 Å². The highest BCUT2D eigenvalue weighted by molar-refractivity contribution is 5.94. The summed E-state index contributed by atoms with van der Waals surface area (Å²) in [6.07, 6.45) is 13.0. The number of amides is 3. The fourth-order valence-electron chi connectivity index (χ4n) is 9.99. The summed E-state index contributed by atoms with van der Waals surface area (Å²) in [5.74, 6) is 2.53. The molecule has 4 bridgehead atoms. The molecule has 2 aromatic carbocycles. The Morgan fingerprint density at radius 1 is 0.822 bits per heavy atom. The van der Waals surface area contributed by atoms with Crippen LogP contribution in [-0.4, -0.2) is 47.5 Å². The minimum atomic E-state index is -0.748. The summed E-state index contributed by atoms with van der Waals surface area (Å²) < 4.78 is 6.34. The van der Waals surface area contributed by atoms with Crippen molar-refractivity contribution in [2.75, 3.05) is 11.9 Å². The fourth-order valence-corrected chi connectivity index (χ4v) is 9.99. The molecule has 0 radical (unpaired) electrons. The van der Waals surface area contributed by atoms with Crippen molar-refractivity contribution in [2.24, 2.45) is 29.6 Å². The zero-order valence-electron chi connectivity index (χ0n) is 26.7. The molecule has 3 amide bonds. The summed E-state index contributed by atoms with van der Waals surface area (Å²) in [7, 11) is 0. The SMILES string of the molecule is Cc1cccc(NC(=O)NC2CC(c3ccccc3)CC(C3CCCCC3)N(CC(=O)OC3C4CC5CC(C4)CC3C5)C2=O)c1. The van der Waals surface area contributed by atoms with E-state index in [2.05, 4.69) is 22.8 Å². The van der Waals surface area contributed by atoms with Crippen molar-refractivity contribution < 1.29 is 19.1 Å². The summed E-state index contributed by atoms with van der Waals surface area (Å²) in [6, 6.07) is 16.8. The van der Waals surface area contributed by atoms with Crippen LogP contribution in [0.4, 0.5) is 10.5 Å². The number of rotatable bonds is 7. The molecule has 1 aliphatic heterocycles. The lowest BCUT2D eigenvalue weighted by Gasteiger charge is -2.53. The zero-order chi connectivity index (χ0) is 30.9.